The average Bonchev–Trinajstić information content (AvgIpc) is 2.91. The number of nitrogens with zero attached hydrogens (tertiary/aromatic N) is 4. The van der Waals surface area contributed by atoms with Gasteiger partial charge < -0.3 is 4.57 Å². The second-order valence-corrected chi connectivity index (χ2v) is 7.11. The molecule has 0 saturated carbocycles. The van der Waals surface area contributed by atoms with Crippen molar-refractivity contribution in [2.45, 2.75) is 40.8 Å². The van der Waals surface area contributed by atoms with Crippen LogP contribution in [0.25, 0.3) is 22.6 Å². The van der Waals surface area contributed by atoms with Crippen molar-refractivity contribution in [3.63, 3.8) is 0 Å². The van der Waals surface area contributed by atoms with E-state index in [1.807, 2.05) is 30.5 Å². The summed E-state index contributed by atoms with van der Waals surface area (Å²) >= 11 is 0. The van der Waals surface area contributed by atoms with Crippen LogP contribution in [0.5, 0.6) is 0 Å². The molecule has 25 heavy (non-hydrogen) atoms. The van der Waals surface area contributed by atoms with E-state index in [9.17, 15) is 9.59 Å². The van der Waals surface area contributed by atoms with Gasteiger partial charge in [0.15, 0.2) is 11.2 Å². The second kappa shape index (κ2) is 6.66. The van der Waals surface area contributed by atoms with Gasteiger partial charge in [-0.2, -0.15) is 0 Å². The molecule has 0 atom stereocenters. The fourth-order valence-electron chi connectivity index (χ4n) is 2.97. The lowest BCUT2D eigenvalue weighted by atomic mass is 10.2. The summed E-state index contributed by atoms with van der Waals surface area (Å²) in [4.78, 5) is 36.0. The van der Waals surface area contributed by atoms with Crippen molar-refractivity contribution in [2.75, 3.05) is 0 Å². The van der Waals surface area contributed by atoms with E-state index in [4.69, 9.17) is 0 Å². The van der Waals surface area contributed by atoms with Crippen LogP contribution in [0, 0.1) is 11.8 Å². The zero-order valence-electron chi connectivity index (χ0n) is 15.0. The van der Waals surface area contributed by atoms with Crippen LogP contribution >= 0.6 is 0 Å². The Bertz CT molecular complexity index is 996. The van der Waals surface area contributed by atoms with Crippen LogP contribution in [-0.2, 0) is 13.1 Å². The zero-order chi connectivity index (χ0) is 18.1. The molecule has 3 aromatic rings. The molecule has 3 heterocycles. The van der Waals surface area contributed by atoms with Gasteiger partial charge in [-0.05, 0) is 24.0 Å². The summed E-state index contributed by atoms with van der Waals surface area (Å²) < 4.78 is 3.47. The Morgan fingerprint density at radius 2 is 1.60 bits per heavy atom. The Labute approximate surface area is 145 Å². The third kappa shape index (κ3) is 3.26. The minimum atomic E-state index is -0.415. The zero-order valence-corrected chi connectivity index (χ0v) is 15.0. The Hall–Kier alpha value is -2.70. The third-order valence-corrected chi connectivity index (χ3v) is 3.92. The lowest BCUT2D eigenvalue weighted by molar-refractivity contribution is 0.512. The van der Waals surface area contributed by atoms with Crippen LogP contribution in [0.1, 0.15) is 27.7 Å². The third-order valence-electron chi connectivity index (χ3n) is 3.92. The summed E-state index contributed by atoms with van der Waals surface area (Å²) in [6.45, 7) is 9.36. The number of aromatic amines is 1. The van der Waals surface area contributed by atoms with E-state index in [1.54, 1.807) is 17.0 Å². The number of aromatic nitrogens is 5. The van der Waals surface area contributed by atoms with Gasteiger partial charge in [0.1, 0.15) is 5.82 Å². The fraction of sp³-hybridized carbons (Fsp3) is 0.444. The van der Waals surface area contributed by atoms with Crippen molar-refractivity contribution < 1.29 is 0 Å². The smallest absolute Gasteiger partial charge is 0.318 e. The average molecular weight is 341 g/mol. The molecule has 3 rings (SSSR count). The molecular weight excluding hydrogens is 318 g/mol. The normalized spacial score (nSPS) is 11.8. The molecule has 7 nitrogen and oxygen atoms in total. The molecule has 0 radical (unpaired) electrons. The van der Waals surface area contributed by atoms with E-state index in [2.05, 4.69) is 28.8 Å². The summed E-state index contributed by atoms with van der Waals surface area (Å²) in [5, 5.41) is 0. The molecular formula is C18H23N5O2. The van der Waals surface area contributed by atoms with Crippen LogP contribution in [-0.4, -0.2) is 24.1 Å². The molecule has 0 aliphatic carbocycles. The van der Waals surface area contributed by atoms with Gasteiger partial charge in [-0.1, -0.05) is 27.7 Å². The van der Waals surface area contributed by atoms with Crippen LogP contribution in [0.2, 0.25) is 0 Å². The lowest BCUT2D eigenvalue weighted by Crippen LogP contribution is -2.32. The van der Waals surface area contributed by atoms with Crippen LogP contribution in [0.4, 0.5) is 0 Å². The van der Waals surface area contributed by atoms with Crippen molar-refractivity contribution in [3.05, 3.63) is 45.4 Å². The first-order chi connectivity index (χ1) is 11.9. The molecule has 0 unspecified atom stereocenters. The first-order valence-corrected chi connectivity index (χ1v) is 8.52. The van der Waals surface area contributed by atoms with Gasteiger partial charge in [-0.3, -0.25) is 19.3 Å². The van der Waals surface area contributed by atoms with Crippen molar-refractivity contribution in [1.29, 1.82) is 0 Å². The Morgan fingerprint density at radius 1 is 1.00 bits per heavy atom. The quantitative estimate of drug-likeness (QED) is 0.771. The highest BCUT2D eigenvalue weighted by molar-refractivity contribution is 5.76. The maximum absolute atomic E-state index is 12.5. The van der Waals surface area contributed by atoms with Crippen molar-refractivity contribution in [1.82, 2.24) is 24.1 Å². The van der Waals surface area contributed by atoms with Gasteiger partial charge in [0.2, 0.25) is 0 Å². The maximum atomic E-state index is 12.5. The number of H-pyrrole nitrogens is 1. The Kier molecular flexibility index (Phi) is 4.57. The van der Waals surface area contributed by atoms with Crippen LogP contribution < -0.4 is 11.2 Å². The molecule has 0 spiro atoms. The summed E-state index contributed by atoms with van der Waals surface area (Å²) in [6.07, 6.45) is 3.39. The van der Waals surface area contributed by atoms with Gasteiger partial charge in [0, 0.05) is 31.0 Å². The van der Waals surface area contributed by atoms with Gasteiger partial charge in [0.05, 0.1) is 0 Å². The summed E-state index contributed by atoms with van der Waals surface area (Å²) in [5.74, 6) is 1.26. The minimum Gasteiger partial charge on any atom is -0.318 e. The van der Waals surface area contributed by atoms with E-state index in [0.29, 0.717) is 36.0 Å². The minimum absolute atomic E-state index is 0.256. The number of nitrogens with one attached hydrogen (secondary N) is 1. The predicted molar refractivity (Wildman–Crippen MR) is 97.5 cm³/mol. The van der Waals surface area contributed by atoms with Gasteiger partial charge in [0.25, 0.3) is 5.56 Å². The molecule has 1 N–H and O–H groups in total. The largest absolute Gasteiger partial charge is 0.330 e. The number of fused-ring (bicyclic) bond motifs is 1. The molecule has 0 amide bonds. The summed E-state index contributed by atoms with van der Waals surface area (Å²) in [5.41, 5.74) is 0.945. The molecule has 0 bridgehead atoms. The highest BCUT2D eigenvalue weighted by Gasteiger charge is 2.20. The van der Waals surface area contributed by atoms with Crippen molar-refractivity contribution in [3.8, 4) is 11.4 Å². The highest BCUT2D eigenvalue weighted by atomic mass is 16.2. The second-order valence-electron chi connectivity index (χ2n) is 7.11. The topological polar surface area (TPSA) is 85.6 Å². The molecule has 132 valence electrons. The van der Waals surface area contributed by atoms with E-state index >= 15 is 0 Å². The highest BCUT2D eigenvalue weighted by Crippen LogP contribution is 2.23. The van der Waals surface area contributed by atoms with Crippen molar-refractivity contribution in [2.24, 2.45) is 11.8 Å². The molecule has 0 aromatic carbocycles. The number of rotatable bonds is 5. The molecule has 7 heteroatoms. The maximum Gasteiger partial charge on any atom is 0.330 e. The molecule has 0 aliphatic heterocycles. The molecule has 0 fully saturated rings. The van der Waals surface area contributed by atoms with E-state index < -0.39 is 11.2 Å². The first kappa shape index (κ1) is 17.1. The van der Waals surface area contributed by atoms with Crippen LogP contribution in [0.15, 0.2) is 34.1 Å². The number of hydrogen-bond donors (Lipinski definition) is 1. The number of imidazole rings is 1. The first-order valence-electron chi connectivity index (χ1n) is 8.52. The fourth-order valence-corrected chi connectivity index (χ4v) is 2.97. The SMILES string of the molecule is CC(C)Cn1c(-c2ccncc2)nc2c1c(=O)[nH]c(=O)n2CC(C)C. The lowest BCUT2D eigenvalue weighted by Gasteiger charge is -2.12. The van der Waals surface area contributed by atoms with E-state index in [1.165, 1.54) is 0 Å². The number of pyridine rings is 1. The standard InChI is InChI=1S/C18H23N5O2/c1-11(2)9-22-14-16(20-15(22)13-5-7-19-8-6-13)23(10-12(3)4)18(25)21-17(14)24/h5-8,11-12H,9-10H2,1-4H3,(H,21,24,25). The van der Waals surface area contributed by atoms with E-state index in [0.717, 1.165) is 5.56 Å². The van der Waals surface area contributed by atoms with Crippen molar-refractivity contribution >= 4 is 11.2 Å². The molecule has 0 aliphatic rings. The van der Waals surface area contributed by atoms with Gasteiger partial charge in [-0.25, -0.2) is 9.78 Å². The van der Waals surface area contributed by atoms with E-state index in [-0.39, 0.29) is 5.92 Å². The van der Waals surface area contributed by atoms with Gasteiger partial charge in [-0.15, -0.1) is 0 Å². The van der Waals surface area contributed by atoms with Gasteiger partial charge >= 0.3 is 5.69 Å². The predicted octanol–water partition coefficient (Wildman–Crippen LogP) is 2.26. The Morgan fingerprint density at radius 3 is 2.20 bits per heavy atom. The molecule has 3 aromatic heterocycles. The van der Waals surface area contributed by atoms with Crippen LogP contribution in [0.3, 0.4) is 0 Å². The molecule has 0 saturated heterocycles. The number of hydrogen-bond acceptors (Lipinski definition) is 4. The Balaban J connectivity index is 2.38. The summed E-state index contributed by atoms with van der Waals surface area (Å²) in [7, 11) is 0. The summed E-state index contributed by atoms with van der Waals surface area (Å²) in [6, 6.07) is 3.72. The monoisotopic (exact) mass is 341 g/mol.